The van der Waals surface area contributed by atoms with Crippen LogP contribution in [0.2, 0.25) is 0 Å². The molecule has 0 amide bonds. The lowest BCUT2D eigenvalue weighted by Crippen LogP contribution is -2.13. The van der Waals surface area contributed by atoms with Gasteiger partial charge >= 0.3 is 0 Å². The van der Waals surface area contributed by atoms with E-state index in [-0.39, 0.29) is 10.9 Å². The summed E-state index contributed by atoms with van der Waals surface area (Å²) in [6.07, 6.45) is 0. The summed E-state index contributed by atoms with van der Waals surface area (Å²) in [5, 5.41) is 8.49. The number of anilines is 1. The van der Waals surface area contributed by atoms with Crippen molar-refractivity contribution in [2.45, 2.75) is 17.9 Å². The fraction of sp³-hybridized carbons (Fsp3) is 0.143. The molecule has 0 aromatic heterocycles. The van der Waals surface area contributed by atoms with Gasteiger partial charge in [-0.25, -0.2) is 13.6 Å². The molecule has 0 aliphatic carbocycles. The topological polar surface area (TPSA) is 72.2 Å². The van der Waals surface area contributed by atoms with Gasteiger partial charge in [-0.05, 0) is 58.7 Å². The van der Waals surface area contributed by atoms with E-state index in [1.54, 1.807) is 12.1 Å². The van der Waals surface area contributed by atoms with Crippen LogP contribution >= 0.6 is 31.9 Å². The normalized spacial score (nSPS) is 13.0. The van der Waals surface area contributed by atoms with Gasteiger partial charge in [-0.1, -0.05) is 28.1 Å². The summed E-state index contributed by atoms with van der Waals surface area (Å²) in [7, 11) is -3.69. The van der Waals surface area contributed by atoms with E-state index in [2.05, 4.69) is 37.2 Å². The predicted octanol–water partition coefficient (Wildman–Crippen LogP) is 4.03. The smallest absolute Gasteiger partial charge is 0.238 e. The van der Waals surface area contributed by atoms with Crippen LogP contribution < -0.4 is 10.5 Å². The van der Waals surface area contributed by atoms with Crippen LogP contribution in [0.15, 0.2) is 56.3 Å². The fourth-order valence-corrected chi connectivity index (χ4v) is 3.18. The van der Waals surface area contributed by atoms with Crippen LogP contribution in [-0.2, 0) is 10.0 Å². The zero-order chi connectivity index (χ0) is 15.6. The highest BCUT2D eigenvalue weighted by Gasteiger charge is 2.12. The molecule has 2 aromatic carbocycles. The average molecular weight is 434 g/mol. The molecule has 4 nitrogen and oxygen atoms in total. The minimum absolute atomic E-state index is 0.0719. The largest absolute Gasteiger partial charge is 0.378 e. The molecule has 2 aromatic rings. The number of primary sulfonamides is 1. The van der Waals surface area contributed by atoms with Crippen LogP contribution in [0.1, 0.15) is 18.5 Å². The Kier molecular flexibility index (Phi) is 5.08. The first-order valence-electron chi connectivity index (χ1n) is 6.12. The number of hydrogen-bond acceptors (Lipinski definition) is 3. The lowest BCUT2D eigenvalue weighted by molar-refractivity contribution is 0.597. The molecule has 7 heteroatoms. The van der Waals surface area contributed by atoms with Gasteiger partial charge in [0, 0.05) is 15.0 Å². The molecule has 0 radical (unpaired) electrons. The Morgan fingerprint density at radius 2 is 1.86 bits per heavy atom. The number of nitrogens with two attached hydrogens (primary N) is 1. The summed E-state index contributed by atoms with van der Waals surface area (Å²) in [6.45, 7) is 1.95. The van der Waals surface area contributed by atoms with Gasteiger partial charge in [0.25, 0.3) is 0 Å². The Bertz CT molecular complexity index is 763. The van der Waals surface area contributed by atoms with Crippen LogP contribution in [0.25, 0.3) is 0 Å². The molecule has 0 fully saturated rings. The van der Waals surface area contributed by atoms with Gasteiger partial charge in [0.2, 0.25) is 10.0 Å². The van der Waals surface area contributed by atoms with Gasteiger partial charge in [-0.15, -0.1) is 0 Å². The quantitative estimate of drug-likeness (QED) is 0.764. The number of rotatable bonds is 4. The molecule has 1 atom stereocenters. The van der Waals surface area contributed by atoms with Crippen molar-refractivity contribution in [3.8, 4) is 0 Å². The van der Waals surface area contributed by atoms with E-state index in [1.165, 1.54) is 6.07 Å². The summed E-state index contributed by atoms with van der Waals surface area (Å²) >= 11 is 6.90. The van der Waals surface area contributed by atoms with Gasteiger partial charge in [-0.3, -0.25) is 0 Å². The molecule has 112 valence electrons. The standard InChI is InChI=1S/C14H14Br2N2O2S/c1-9(18-14-8-11(15)5-6-13(14)16)10-3-2-4-12(7-10)21(17,19)20/h2-9,18H,1H3,(H2,17,19,20). The minimum Gasteiger partial charge on any atom is -0.378 e. The third-order valence-electron chi connectivity index (χ3n) is 2.99. The first-order chi connectivity index (χ1) is 9.77. The highest BCUT2D eigenvalue weighted by molar-refractivity contribution is 9.11. The zero-order valence-electron chi connectivity index (χ0n) is 11.2. The molecule has 0 bridgehead atoms. The van der Waals surface area contributed by atoms with Gasteiger partial charge in [0.1, 0.15) is 0 Å². The third-order valence-corrected chi connectivity index (χ3v) is 5.08. The van der Waals surface area contributed by atoms with Gasteiger partial charge in [0.05, 0.1) is 10.6 Å². The summed E-state index contributed by atoms with van der Waals surface area (Å²) < 4.78 is 24.7. The Morgan fingerprint density at radius 1 is 1.14 bits per heavy atom. The van der Waals surface area contributed by atoms with Crippen molar-refractivity contribution in [1.82, 2.24) is 0 Å². The maximum atomic E-state index is 11.4. The average Bonchev–Trinajstić information content (AvgIpc) is 2.42. The van der Waals surface area contributed by atoms with Crippen molar-refractivity contribution in [3.63, 3.8) is 0 Å². The number of hydrogen-bond donors (Lipinski definition) is 2. The van der Waals surface area contributed by atoms with Crippen LogP contribution in [-0.4, -0.2) is 8.42 Å². The molecule has 1 unspecified atom stereocenters. The summed E-state index contributed by atoms with van der Waals surface area (Å²) in [6, 6.07) is 12.4. The van der Waals surface area contributed by atoms with Crippen molar-refractivity contribution >= 4 is 47.6 Å². The van der Waals surface area contributed by atoms with Crippen molar-refractivity contribution in [2.24, 2.45) is 5.14 Å². The van der Waals surface area contributed by atoms with Crippen molar-refractivity contribution < 1.29 is 8.42 Å². The molecular weight excluding hydrogens is 420 g/mol. The second-order valence-electron chi connectivity index (χ2n) is 4.61. The number of nitrogens with one attached hydrogen (secondary N) is 1. The molecule has 0 spiro atoms. The van der Waals surface area contributed by atoms with Crippen LogP contribution in [0.5, 0.6) is 0 Å². The molecule has 0 aliphatic rings. The molecule has 21 heavy (non-hydrogen) atoms. The summed E-state index contributed by atoms with van der Waals surface area (Å²) in [4.78, 5) is 0.113. The molecule has 0 aliphatic heterocycles. The third kappa shape index (κ3) is 4.29. The first-order valence-corrected chi connectivity index (χ1v) is 9.25. The first kappa shape index (κ1) is 16.5. The van der Waals surface area contributed by atoms with Crippen LogP contribution in [0, 0.1) is 0 Å². The SMILES string of the molecule is CC(Nc1cc(Br)ccc1Br)c1cccc(S(N)(=O)=O)c1. The lowest BCUT2D eigenvalue weighted by Gasteiger charge is -2.17. The van der Waals surface area contributed by atoms with Crippen molar-refractivity contribution in [3.05, 3.63) is 57.0 Å². The minimum atomic E-state index is -3.69. The molecule has 2 rings (SSSR count). The fourth-order valence-electron chi connectivity index (χ4n) is 1.89. The van der Waals surface area contributed by atoms with Gasteiger partial charge in [-0.2, -0.15) is 0 Å². The van der Waals surface area contributed by atoms with Crippen LogP contribution in [0.3, 0.4) is 0 Å². The number of halogens is 2. The van der Waals surface area contributed by atoms with Gasteiger partial charge in [0.15, 0.2) is 0 Å². The number of benzene rings is 2. The molecule has 0 heterocycles. The molecular formula is C14H14Br2N2O2S. The predicted molar refractivity (Wildman–Crippen MR) is 91.7 cm³/mol. The van der Waals surface area contributed by atoms with Crippen molar-refractivity contribution in [1.29, 1.82) is 0 Å². The zero-order valence-corrected chi connectivity index (χ0v) is 15.2. The maximum absolute atomic E-state index is 11.4. The van der Waals surface area contributed by atoms with E-state index in [0.29, 0.717) is 0 Å². The van der Waals surface area contributed by atoms with E-state index >= 15 is 0 Å². The van der Waals surface area contributed by atoms with E-state index in [4.69, 9.17) is 5.14 Å². The number of sulfonamides is 1. The highest BCUT2D eigenvalue weighted by Crippen LogP contribution is 2.29. The Morgan fingerprint density at radius 3 is 2.52 bits per heavy atom. The summed E-state index contributed by atoms with van der Waals surface area (Å²) in [5.74, 6) is 0. The van der Waals surface area contributed by atoms with Gasteiger partial charge < -0.3 is 5.32 Å². The van der Waals surface area contributed by atoms with E-state index in [0.717, 1.165) is 20.2 Å². The Balaban J connectivity index is 2.28. The second kappa shape index (κ2) is 6.48. The van der Waals surface area contributed by atoms with E-state index < -0.39 is 10.0 Å². The Labute approximate surface area is 141 Å². The highest BCUT2D eigenvalue weighted by atomic mass is 79.9. The Hall–Kier alpha value is -0.890. The maximum Gasteiger partial charge on any atom is 0.238 e. The van der Waals surface area contributed by atoms with E-state index in [1.807, 2.05) is 31.2 Å². The molecule has 0 saturated heterocycles. The summed E-state index contributed by atoms with van der Waals surface area (Å²) in [5.41, 5.74) is 1.76. The molecule has 3 N–H and O–H groups in total. The van der Waals surface area contributed by atoms with E-state index in [9.17, 15) is 8.42 Å². The van der Waals surface area contributed by atoms with Crippen LogP contribution in [0.4, 0.5) is 5.69 Å². The monoisotopic (exact) mass is 432 g/mol. The van der Waals surface area contributed by atoms with Crippen molar-refractivity contribution in [2.75, 3.05) is 5.32 Å². The second-order valence-corrected chi connectivity index (χ2v) is 7.94. The molecule has 0 saturated carbocycles. The lowest BCUT2D eigenvalue weighted by atomic mass is 10.1.